The van der Waals surface area contributed by atoms with Gasteiger partial charge in [0.25, 0.3) is 0 Å². The molecule has 0 spiro atoms. The second-order valence-electron chi connectivity index (χ2n) is 6.35. The number of nitrogens with one attached hydrogen (secondary N) is 2. The van der Waals surface area contributed by atoms with Crippen LogP contribution in [0.3, 0.4) is 0 Å². The Labute approximate surface area is 142 Å². The van der Waals surface area contributed by atoms with Crippen molar-refractivity contribution in [1.82, 2.24) is 9.97 Å². The third kappa shape index (κ3) is 2.52. The molecule has 0 aromatic carbocycles. The van der Waals surface area contributed by atoms with Crippen LogP contribution in [0.4, 0.5) is 0 Å². The molecule has 4 rings (SSSR count). The van der Waals surface area contributed by atoms with E-state index < -0.39 is 0 Å². The number of aliphatic imine (C=N–C) groups is 1. The summed E-state index contributed by atoms with van der Waals surface area (Å²) in [6.07, 6.45) is 9.94. The number of allylic oxidation sites excluding steroid dienone is 2. The Bertz CT molecular complexity index is 834. The molecule has 24 heavy (non-hydrogen) atoms. The van der Waals surface area contributed by atoms with E-state index in [0.717, 1.165) is 41.4 Å². The molecule has 2 aliphatic rings. The first-order chi connectivity index (χ1) is 11.8. The van der Waals surface area contributed by atoms with Gasteiger partial charge in [-0.25, -0.2) is 0 Å². The highest BCUT2D eigenvalue weighted by Gasteiger charge is 2.25. The topological polar surface area (TPSA) is 53.2 Å². The number of aromatic amines is 2. The standard InChI is InChI=1S/C20H23N3O/c1-3-15-13-7-4-5-8-14(13)17(22-15)11-19-20(24-2)12-18(23-19)16-9-6-10-21-16/h6,9-12,21,23H,3-5,7-8H2,1-2H3. The van der Waals surface area contributed by atoms with Gasteiger partial charge in [0.1, 0.15) is 5.75 Å². The molecule has 0 fully saturated rings. The molecule has 1 aliphatic heterocycles. The number of methoxy groups -OCH3 is 1. The normalized spacial score (nSPS) is 18.9. The Morgan fingerprint density at radius 1 is 1.21 bits per heavy atom. The number of hydrogen-bond acceptors (Lipinski definition) is 2. The zero-order valence-electron chi connectivity index (χ0n) is 14.3. The third-order valence-corrected chi connectivity index (χ3v) is 4.91. The van der Waals surface area contributed by atoms with Gasteiger partial charge in [-0.1, -0.05) is 6.92 Å². The number of ether oxygens (including phenoxy) is 1. The lowest BCUT2D eigenvalue weighted by molar-refractivity contribution is 0.414. The summed E-state index contributed by atoms with van der Waals surface area (Å²) in [5.74, 6) is 0.852. The van der Waals surface area contributed by atoms with Crippen molar-refractivity contribution in [2.45, 2.75) is 39.0 Å². The summed E-state index contributed by atoms with van der Waals surface area (Å²) < 4.78 is 5.57. The fourth-order valence-electron chi connectivity index (χ4n) is 3.71. The maximum atomic E-state index is 5.57. The molecule has 0 amide bonds. The summed E-state index contributed by atoms with van der Waals surface area (Å²) in [6.45, 7) is 2.19. The molecule has 2 aromatic heterocycles. The Morgan fingerprint density at radius 2 is 2.04 bits per heavy atom. The van der Waals surface area contributed by atoms with Gasteiger partial charge in [0.15, 0.2) is 0 Å². The first-order valence-corrected chi connectivity index (χ1v) is 8.73. The zero-order chi connectivity index (χ0) is 16.5. The number of H-pyrrole nitrogens is 2. The lowest BCUT2D eigenvalue weighted by Gasteiger charge is -2.14. The SMILES string of the molecule is CCC1=NC(=Cc2[nH]c(-c3ccc[nH]3)cc2OC)C2=C1CCCC2. The van der Waals surface area contributed by atoms with Crippen LogP contribution in [-0.2, 0) is 0 Å². The van der Waals surface area contributed by atoms with Crippen LogP contribution in [0.1, 0.15) is 44.7 Å². The first kappa shape index (κ1) is 15.1. The minimum Gasteiger partial charge on any atom is -0.494 e. The van der Waals surface area contributed by atoms with E-state index in [-0.39, 0.29) is 0 Å². The van der Waals surface area contributed by atoms with Gasteiger partial charge in [0.05, 0.1) is 29.9 Å². The van der Waals surface area contributed by atoms with E-state index in [2.05, 4.69) is 23.0 Å². The van der Waals surface area contributed by atoms with Crippen LogP contribution in [0.25, 0.3) is 17.5 Å². The summed E-state index contributed by atoms with van der Waals surface area (Å²) in [4.78, 5) is 11.6. The molecule has 1 aliphatic carbocycles. The Kier molecular flexibility index (Phi) is 3.89. The van der Waals surface area contributed by atoms with Crippen LogP contribution < -0.4 is 4.74 Å². The fourth-order valence-corrected chi connectivity index (χ4v) is 3.71. The van der Waals surface area contributed by atoms with Crippen LogP contribution in [0.2, 0.25) is 0 Å². The predicted octanol–water partition coefficient (Wildman–Crippen LogP) is 5.09. The molecule has 4 heteroatoms. The summed E-state index contributed by atoms with van der Waals surface area (Å²) in [6, 6.07) is 6.08. The summed E-state index contributed by atoms with van der Waals surface area (Å²) in [5.41, 5.74) is 8.38. The Hall–Kier alpha value is -2.49. The van der Waals surface area contributed by atoms with Gasteiger partial charge in [-0.05, 0) is 61.5 Å². The minimum absolute atomic E-state index is 0.852. The number of aromatic nitrogens is 2. The average Bonchev–Trinajstić information content (AvgIpc) is 3.33. The number of rotatable bonds is 4. The molecular formula is C20H23N3O. The van der Waals surface area contributed by atoms with Crippen molar-refractivity contribution < 1.29 is 4.74 Å². The van der Waals surface area contributed by atoms with Gasteiger partial charge in [-0.15, -0.1) is 0 Å². The maximum Gasteiger partial charge on any atom is 0.144 e. The molecule has 0 radical (unpaired) electrons. The van der Waals surface area contributed by atoms with Gasteiger partial charge < -0.3 is 14.7 Å². The summed E-state index contributed by atoms with van der Waals surface area (Å²) >= 11 is 0. The van der Waals surface area contributed by atoms with Gasteiger partial charge >= 0.3 is 0 Å². The van der Waals surface area contributed by atoms with Crippen LogP contribution in [0, 0.1) is 0 Å². The van der Waals surface area contributed by atoms with E-state index in [0.29, 0.717) is 0 Å². The molecule has 0 atom stereocenters. The minimum atomic E-state index is 0.852. The van der Waals surface area contributed by atoms with Crippen molar-refractivity contribution in [2.75, 3.05) is 7.11 Å². The number of hydrogen-bond donors (Lipinski definition) is 2. The summed E-state index contributed by atoms with van der Waals surface area (Å²) in [5, 5.41) is 0. The van der Waals surface area contributed by atoms with E-state index in [1.807, 2.05) is 24.4 Å². The molecule has 3 heterocycles. The smallest absolute Gasteiger partial charge is 0.144 e. The second-order valence-corrected chi connectivity index (χ2v) is 6.35. The lowest BCUT2D eigenvalue weighted by atomic mass is 9.89. The third-order valence-electron chi connectivity index (χ3n) is 4.91. The van der Waals surface area contributed by atoms with E-state index in [4.69, 9.17) is 9.73 Å². The van der Waals surface area contributed by atoms with Crippen molar-refractivity contribution in [2.24, 2.45) is 4.99 Å². The maximum absolute atomic E-state index is 5.57. The van der Waals surface area contributed by atoms with E-state index >= 15 is 0 Å². The van der Waals surface area contributed by atoms with Gasteiger partial charge in [0.2, 0.25) is 0 Å². The molecule has 0 unspecified atom stereocenters. The molecule has 2 aromatic rings. The molecule has 0 saturated heterocycles. The molecular weight excluding hydrogens is 298 g/mol. The van der Waals surface area contributed by atoms with Crippen LogP contribution in [0.15, 0.2) is 46.2 Å². The van der Waals surface area contributed by atoms with Crippen molar-refractivity contribution in [3.05, 3.63) is 46.9 Å². The molecule has 4 nitrogen and oxygen atoms in total. The van der Waals surface area contributed by atoms with Crippen molar-refractivity contribution >= 4 is 11.8 Å². The molecule has 0 saturated carbocycles. The van der Waals surface area contributed by atoms with E-state index in [1.165, 1.54) is 36.1 Å². The van der Waals surface area contributed by atoms with E-state index in [1.54, 1.807) is 7.11 Å². The quantitative estimate of drug-likeness (QED) is 0.809. The highest BCUT2D eigenvalue weighted by atomic mass is 16.5. The van der Waals surface area contributed by atoms with Crippen molar-refractivity contribution in [1.29, 1.82) is 0 Å². The van der Waals surface area contributed by atoms with Gasteiger partial charge in [-0.3, -0.25) is 4.99 Å². The molecule has 124 valence electrons. The van der Waals surface area contributed by atoms with Crippen LogP contribution in [0.5, 0.6) is 5.75 Å². The highest BCUT2D eigenvalue weighted by Crippen LogP contribution is 2.39. The fraction of sp³-hybridized carbons (Fsp3) is 0.350. The predicted molar refractivity (Wildman–Crippen MR) is 98.3 cm³/mol. The van der Waals surface area contributed by atoms with Crippen LogP contribution >= 0.6 is 0 Å². The molecule has 2 N–H and O–H groups in total. The van der Waals surface area contributed by atoms with Crippen molar-refractivity contribution in [3.63, 3.8) is 0 Å². The highest BCUT2D eigenvalue weighted by molar-refractivity contribution is 6.05. The van der Waals surface area contributed by atoms with Crippen LogP contribution in [-0.4, -0.2) is 22.8 Å². The molecule has 0 bridgehead atoms. The summed E-state index contributed by atoms with van der Waals surface area (Å²) in [7, 11) is 1.71. The van der Waals surface area contributed by atoms with E-state index in [9.17, 15) is 0 Å². The largest absolute Gasteiger partial charge is 0.494 e. The first-order valence-electron chi connectivity index (χ1n) is 8.73. The monoisotopic (exact) mass is 321 g/mol. The second kappa shape index (κ2) is 6.19. The Balaban J connectivity index is 1.75. The van der Waals surface area contributed by atoms with Gasteiger partial charge in [-0.2, -0.15) is 0 Å². The number of nitrogens with zero attached hydrogens (tertiary/aromatic N) is 1. The van der Waals surface area contributed by atoms with Gasteiger partial charge in [0, 0.05) is 18.0 Å². The zero-order valence-corrected chi connectivity index (χ0v) is 14.3. The Morgan fingerprint density at radius 3 is 2.75 bits per heavy atom. The van der Waals surface area contributed by atoms with Crippen molar-refractivity contribution in [3.8, 4) is 17.1 Å². The average molecular weight is 321 g/mol. The lowest BCUT2D eigenvalue weighted by Crippen LogP contribution is -2.03.